The zero-order valence-corrected chi connectivity index (χ0v) is 11.3. The molecule has 18 heavy (non-hydrogen) atoms. The van der Waals surface area contributed by atoms with E-state index in [1.165, 1.54) is 0 Å². The minimum atomic E-state index is 0.0283. The molecule has 0 aliphatic carbocycles. The number of nitrogen functional groups attached to an aromatic ring is 1. The number of benzene rings is 1. The molecule has 0 aromatic heterocycles. The molecule has 0 spiro atoms. The number of hydrogen-bond donors (Lipinski definition) is 2. The number of carbonyl (C=O) groups excluding carboxylic acids is 1. The highest BCUT2D eigenvalue weighted by molar-refractivity contribution is 5.91. The molecule has 1 unspecified atom stereocenters. The SMILES string of the molecule is CCCC(C)CC(=O)Nc1ccc(OC)c(N)c1. The van der Waals surface area contributed by atoms with Crippen molar-refractivity contribution >= 4 is 17.3 Å². The Kier molecular flexibility index (Phi) is 5.49. The predicted molar refractivity (Wildman–Crippen MR) is 74.7 cm³/mol. The first-order chi connectivity index (χ1) is 8.56. The Labute approximate surface area is 109 Å². The maximum absolute atomic E-state index is 11.8. The Balaban J connectivity index is 2.57. The molecule has 1 aromatic carbocycles. The van der Waals surface area contributed by atoms with Crippen LogP contribution in [0.5, 0.6) is 5.75 Å². The first-order valence-corrected chi connectivity index (χ1v) is 6.30. The lowest BCUT2D eigenvalue weighted by Gasteiger charge is -2.11. The zero-order valence-electron chi connectivity index (χ0n) is 11.3. The summed E-state index contributed by atoms with van der Waals surface area (Å²) in [4.78, 5) is 11.8. The largest absolute Gasteiger partial charge is 0.495 e. The molecule has 0 heterocycles. The van der Waals surface area contributed by atoms with Crippen LogP contribution in [-0.4, -0.2) is 13.0 Å². The fraction of sp³-hybridized carbons (Fsp3) is 0.500. The molecule has 3 N–H and O–H groups in total. The van der Waals surface area contributed by atoms with Crippen molar-refractivity contribution in [3.8, 4) is 5.75 Å². The average Bonchev–Trinajstić information content (AvgIpc) is 2.29. The van der Waals surface area contributed by atoms with Crippen LogP contribution in [0.25, 0.3) is 0 Å². The van der Waals surface area contributed by atoms with Crippen LogP contribution in [-0.2, 0) is 4.79 Å². The predicted octanol–water partition coefficient (Wildman–Crippen LogP) is 3.04. The summed E-state index contributed by atoms with van der Waals surface area (Å²) in [6.07, 6.45) is 2.71. The van der Waals surface area contributed by atoms with Gasteiger partial charge in [-0.1, -0.05) is 26.7 Å². The number of hydrogen-bond acceptors (Lipinski definition) is 3. The molecule has 4 nitrogen and oxygen atoms in total. The van der Waals surface area contributed by atoms with Crippen molar-refractivity contribution in [2.24, 2.45) is 5.92 Å². The van der Waals surface area contributed by atoms with Gasteiger partial charge in [-0.15, -0.1) is 0 Å². The Hall–Kier alpha value is -1.71. The molecule has 1 aromatic rings. The molecule has 0 fully saturated rings. The van der Waals surface area contributed by atoms with Gasteiger partial charge in [0.05, 0.1) is 12.8 Å². The van der Waals surface area contributed by atoms with Crippen molar-refractivity contribution in [3.05, 3.63) is 18.2 Å². The summed E-state index contributed by atoms with van der Waals surface area (Å²) in [5, 5.41) is 2.85. The molecular weight excluding hydrogens is 228 g/mol. The number of ether oxygens (including phenoxy) is 1. The second kappa shape index (κ2) is 6.89. The van der Waals surface area contributed by atoms with Crippen LogP contribution in [0.3, 0.4) is 0 Å². The van der Waals surface area contributed by atoms with Crippen molar-refractivity contribution in [3.63, 3.8) is 0 Å². The van der Waals surface area contributed by atoms with Gasteiger partial charge in [0.25, 0.3) is 0 Å². The van der Waals surface area contributed by atoms with E-state index < -0.39 is 0 Å². The van der Waals surface area contributed by atoms with E-state index in [9.17, 15) is 4.79 Å². The van der Waals surface area contributed by atoms with Gasteiger partial charge in [-0.25, -0.2) is 0 Å². The summed E-state index contributed by atoms with van der Waals surface area (Å²) in [6.45, 7) is 4.21. The Bertz CT molecular complexity index is 405. The van der Waals surface area contributed by atoms with Gasteiger partial charge in [0.1, 0.15) is 5.75 Å². The van der Waals surface area contributed by atoms with Gasteiger partial charge in [-0.3, -0.25) is 4.79 Å². The van der Waals surface area contributed by atoms with Crippen LogP contribution in [0.4, 0.5) is 11.4 Å². The summed E-state index contributed by atoms with van der Waals surface area (Å²) >= 11 is 0. The van der Waals surface area contributed by atoms with Gasteiger partial charge in [-0.2, -0.15) is 0 Å². The fourth-order valence-electron chi connectivity index (χ4n) is 1.94. The van der Waals surface area contributed by atoms with Gasteiger partial charge < -0.3 is 15.8 Å². The van der Waals surface area contributed by atoms with Crippen LogP contribution >= 0.6 is 0 Å². The number of carbonyl (C=O) groups is 1. The smallest absolute Gasteiger partial charge is 0.224 e. The summed E-state index contributed by atoms with van der Waals surface area (Å²) in [5.41, 5.74) is 7.02. The molecule has 1 amide bonds. The molecule has 0 saturated carbocycles. The van der Waals surface area contributed by atoms with Crippen LogP contribution < -0.4 is 15.8 Å². The van der Waals surface area contributed by atoms with E-state index >= 15 is 0 Å². The number of rotatable bonds is 6. The second-order valence-electron chi connectivity index (χ2n) is 4.60. The monoisotopic (exact) mass is 250 g/mol. The van der Waals surface area contributed by atoms with Gasteiger partial charge >= 0.3 is 0 Å². The first-order valence-electron chi connectivity index (χ1n) is 6.30. The average molecular weight is 250 g/mol. The van der Waals surface area contributed by atoms with E-state index in [0.29, 0.717) is 29.5 Å². The van der Waals surface area contributed by atoms with Crippen LogP contribution in [0.15, 0.2) is 18.2 Å². The van der Waals surface area contributed by atoms with Gasteiger partial charge in [-0.05, 0) is 24.1 Å². The van der Waals surface area contributed by atoms with E-state index in [0.717, 1.165) is 12.8 Å². The maximum Gasteiger partial charge on any atom is 0.224 e. The van der Waals surface area contributed by atoms with Gasteiger partial charge in [0.2, 0.25) is 5.91 Å². The molecule has 0 aliphatic heterocycles. The minimum Gasteiger partial charge on any atom is -0.495 e. The first kappa shape index (κ1) is 14.4. The summed E-state index contributed by atoms with van der Waals surface area (Å²) in [7, 11) is 1.57. The number of anilines is 2. The summed E-state index contributed by atoms with van der Waals surface area (Å²) < 4.78 is 5.06. The van der Waals surface area contributed by atoms with Crippen molar-refractivity contribution in [2.45, 2.75) is 33.1 Å². The second-order valence-corrected chi connectivity index (χ2v) is 4.60. The van der Waals surface area contributed by atoms with Crippen LogP contribution in [0.2, 0.25) is 0 Å². The maximum atomic E-state index is 11.8. The lowest BCUT2D eigenvalue weighted by Crippen LogP contribution is -2.15. The third kappa shape index (κ3) is 4.28. The zero-order chi connectivity index (χ0) is 13.5. The lowest BCUT2D eigenvalue weighted by molar-refractivity contribution is -0.117. The molecule has 4 heteroatoms. The summed E-state index contributed by atoms with van der Waals surface area (Å²) in [6, 6.07) is 5.25. The van der Waals surface area contributed by atoms with Crippen molar-refractivity contribution in [1.82, 2.24) is 0 Å². The quantitative estimate of drug-likeness (QED) is 0.763. The third-order valence-corrected chi connectivity index (χ3v) is 2.83. The van der Waals surface area contributed by atoms with E-state index in [1.807, 2.05) is 0 Å². The Morgan fingerprint density at radius 2 is 2.22 bits per heavy atom. The molecule has 1 atom stereocenters. The summed E-state index contributed by atoms with van der Waals surface area (Å²) in [5.74, 6) is 1.05. The molecule has 0 bridgehead atoms. The highest BCUT2D eigenvalue weighted by Crippen LogP contribution is 2.24. The van der Waals surface area contributed by atoms with Crippen molar-refractivity contribution in [2.75, 3.05) is 18.2 Å². The molecule has 0 aliphatic rings. The number of amides is 1. The normalized spacial score (nSPS) is 11.9. The van der Waals surface area contributed by atoms with Gasteiger partial charge in [0.15, 0.2) is 0 Å². The molecule has 100 valence electrons. The fourth-order valence-corrected chi connectivity index (χ4v) is 1.94. The van der Waals surface area contributed by atoms with E-state index in [2.05, 4.69) is 19.2 Å². The van der Waals surface area contributed by atoms with E-state index in [1.54, 1.807) is 25.3 Å². The standard InChI is InChI=1S/C14H22N2O2/c1-4-5-10(2)8-14(17)16-11-6-7-13(18-3)12(15)9-11/h6-7,9-10H,4-5,8,15H2,1-3H3,(H,16,17). The third-order valence-electron chi connectivity index (χ3n) is 2.83. The topological polar surface area (TPSA) is 64.3 Å². The van der Waals surface area contributed by atoms with Crippen LogP contribution in [0.1, 0.15) is 33.1 Å². The number of nitrogens with two attached hydrogens (primary N) is 1. The van der Waals surface area contributed by atoms with Crippen LogP contribution in [0, 0.1) is 5.92 Å². The Morgan fingerprint density at radius 3 is 2.78 bits per heavy atom. The molecular formula is C14H22N2O2. The highest BCUT2D eigenvalue weighted by Gasteiger charge is 2.09. The number of methoxy groups -OCH3 is 1. The van der Waals surface area contributed by atoms with Gasteiger partial charge in [0, 0.05) is 12.1 Å². The highest BCUT2D eigenvalue weighted by atomic mass is 16.5. The number of nitrogens with one attached hydrogen (secondary N) is 1. The van der Waals surface area contributed by atoms with E-state index in [4.69, 9.17) is 10.5 Å². The van der Waals surface area contributed by atoms with E-state index in [-0.39, 0.29) is 5.91 Å². The molecule has 0 saturated heterocycles. The lowest BCUT2D eigenvalue weighted by atomic mass is 10.0. The minimum absolute atomic E-state index is 0.0283. The molecule has 1 rings (SSSR count). The van der Waals surface area contributed by atoms with Crippen molar-refractivity contribution in [1.29, 1.82) is 0 Å². The Morgan fingerprint density at radius 1 is 1.50 bits per heavy atom. The van der Waals surface area contributed by atoms with Crippen molar-refractivity contribution < 1.29 is 9.53 Å². The molecule has 0 radical (unpaired) electrons.